The molecule has 3 rings (SSSR count). The molecule has 3 nitrogen and oxygen atoms in total. The molecule has 0 atom stereocenters. The first-order chi connectivity index (χ1) is 10.2. The van der Waals surface area contributed by atoms with Crippen molar-refractivity contribution in [2.45, 2.75) is 16.8 Å². The lowest BCUT2D eigenvalue weighted by Gasteiger charge is -2.09. The third-order valence-electron chi connectivity index (χ3n) is 3.09. The number of ether oxygens (including phenoxy) is 1. The molecule has 0 saturated heterocycles. The third-order valence-corrected chi connectivity index (χ3v) is 4.10. The molecular formula is C16H15FN2OS. The number of benzene rings is 2. The Labute approximate surface area is 126 Å². The van der Waals surface area contributed by atoms with Gasteiger partial charge in [0.1, 0.15) is 0 Å². The maximum atomic E-state index is 13.7. The molecule has 3 aromatic rings. The second-order valence-electron chi connectivity index (χ2n) is 4.58. The maximum absolute atomic E-state index is 13.7. The van der Waals surface area contributed by atoms with E-state index in [0.29, 0.717) is 12.3 Å². The molecule has 0 saturated carbocycles. The number of rotatable bonds is 4. The van der Waals surface area contributed by atoms with Gasteiger partial charge in [-0.2, -0.15) is 0 Å². The predicted octanol–water partition coefficient (Wildman–Crippen LogP) is 4.44. The lowest BCUT2D eigenvalue weighted by atomic mass is 10.3. The van der Waals surface area contributed by atoms with E-state index in [1.54, 1.807) is 6.07 Å². The number of aromatic amines is 1. The van der Waals surface area contributed by atoms with Crippen LogP contribution in [0.3, 0.4) is 0 Å². The van der Waals surface area contributed by atoms with Gasteiger partial charge < -0.3 is 15.5 Å². The molecule has 0 aliphatic heterocycles. The fraction of sp³-hybridized carbons (Fsp3) is 0.125. The average molecular weight is 302 g/mol. The summed E-state index contributed by atoms with van der Waals surface area (Å²) < 4.78 is 19.0. The average Bonchev–Trinajstić information content (AvgIpc) is 2.86. The normalized spacial score (nSPS) is 11.0. The molecular weight excluding hydrogens is 287 g/mol. The van der Waals surface area contributed by atoms with Gasteiger partial charge in [0.15, 0.2) is 11.6 Å². The van der Waals surface area contributed by atoms with Gasteiger partial charge in [-0.05, 0) is 25.1 Å². The summed E-state index contributed by atoms with van der Waals surface area (Å²) in [5.41, 5.74) is 7.36. The summed E-state index contributed by atoms with van der Waals surface area (Å²) in [5, 5.41) is 2.09. The first-order valence-corrected chi connectivity index (χ1v) is 7.46. The number of anilines is 1. The number of nitrogens with two attached hydrogens (primary N) is 1. The maximum Gasteiger partial charge on any atom is 0.167 e. The minimum Gasteiger partial charge on any atom is -0.491 e. The molecule has 1 heterocycles. The lowest BCUT2D eigenvalue weighted by Crippen LogP contribution is -1.97. The van der Waals surface area contributed by atoms with Crippen LogP contribution in [-0.4, -0.2) is 11.6 Å². The molecule has 0 bridgehead atoms. The summed E-state index contributed by atoms with van der Waals surface area (Å²) in [6.45, 7) is 2.23. The summed E-state index contributed by atoms with van der Waals surface area (Å²) in [7, 11) is 0. The Bertz CT molecular complexity index is 752. The van der Waals surface area contributed by atoms with E-state index < -0.39 is 5.82 Å². The highest BCUT2D eigenvalue weighted by Crippen LogP contribution is 2.36. The Morgan fingerprint density at radius 2 is 2.05 bits per heavy atom. The minimum absolute atomic E-state index is 0.227. The molecule has 5 heteroatoms. The first kappa shape index (κ1) is 13.8. The number of halogens is 1. The number of hydrogen-bond donors (Lipinski definition) is 2. The van der Waals surface area contributed by atoms with Crippen LogP contribution in [0.5, 0.6) is 5.75 Å². The van der Waals surface area contributed by atoms with Crippen LogP contribution in [0, 0.1) is 5.82 Å². The van der Waals surface area contributed by atoms with Gasteiger partial charge >= 0.3 is 0 Å². The summed E-state index contributed by atoms with van der Waals surface area (Å²) >= 11 is 1.46. The molecule has 0 fully saturated rings. The van der Waals surface area contributed by atoms with Gasteiger partial charge in [0, 0.05) is 27.6 Å². The standard InChI is InChI=1S/C16H15FN2OS/c1-2-20-14-9-15(12(18)8-11(14)17)21-16-7-10-5-3-4-6-13(10)19-16/h3-9,19H,2,18H2,1H3. The molecule has 0 aliphatic rings. The highest BCUT2D eigenvalue weighted by atomic mass is 32.2. The molecule has 21 heavy (non-hydrogen) atoms. The van der Waals surface area contributed by atoms with Crippen molar-refractivity contribution >= 4 is 28.4 Å². The molecule has 3 N–H and O–H groups in total. The zero-order chi connectivity index (χ0) is 14.8. The van der Waals surface area contributed by atoms with E-state index in [0.717, 1.165) is 20.8 Å². The summed E-state index contributed by atoms with van der Waals surface area (Å²) in [5.74, 6) is -0.208. The van der Waals surface area contributed by atoms with Crippen molar-refractivity contribution < 1.29 is 9.13 Å². The number of nitrogens with one attached hydrogen (secondary N) is 1. The molecule has 108 valence electrons. The second kappa shape index (κ2) is 5.69. The van der Waals surface area contributed by atoms with Crippen molar-refractivity contribution in [3.05, 3.63) is 48.3 Å². The zero-order valence-corrected chi connectivity index (χ0v) is 12.3. The SMILES string of the molecule is CCOc1cc(Sc2cc3ccccc3[nH]2)c(N)cc1F. The van der Waals surface area contributed by atoms with Crippen LogP contribution in [-0.2, 0) is 0 Å². The van der Waals surface area contributed by atoms with Crippen LogP contribution < -0.4 is 10.5 Å². The van der Waals surface area contributed by atoms with Crippen molar-refractivity contribution in [3.8, 4) is 5.75 Å². The molecule has 1 aromatic heterocycles. The summed E-state index contributed by atoms with van der Waals surface area (Å²) in [4.78, 5) is 4.08. The highest BCUT2D eigenvalue weighted by Gasteiger charge is 2.11. The second-order valence-corrected chi connectivity index (χ2v) is 5.66. The number of H-pyrrole nitrogens is 1. The highest BCUT2D eigenvalue weighted by molar-refractivity contribution is 7.99. The molecule has 0 radical (unpaired) electrons. The first-order valence-electron chi connectivity index (χ1n) is 6.65. The van der Waals surface area contributed by atoms with Crippen molar-refractivity contribution in [2.75, 3.05) is 12.3 Å². The monoisotopic (exact) mass is 302 g/mol. The quantitative estimate of drug-likeness (QED) is 0.701. The Kier molecular flexibility index (Phi) is 3.75. The van der Waals surface area contributed by atoms with Gasteiger partial charge in [-0.3, -0.25) is 0 Å². The molecule has 0 unspecified atom stereocenters. The molecule has 0 aliphatic carbocycles. The fourth-order valence-electron chi connectivity index (χ4n) is 2.12. The van der Waals surface area contributed by atoms with E-state index in [9.17, 15) is 4.39 Å². The number of aromatic nitrogens is 1. The number of hydrogen-bond acceptors (Lipinski definition) is 3. The largest absolute Gasteiger partial charge is 0.491 e. The number of fused-ring (bicyclic) bond motifs is 1. The van der Waals surface area contributed by atoms with Crippen LogP contribution in [0.4, 0.5) is 10.1 Å². The van der Waals surface area contributed by atoms with Gasteiger partial charge in [-0.25, -0.2) is 4.39 Å². The van der Waals surface area contributed by atoms with Crippen LogP contribution >= 0.6 is 11.8 Å². The molecule has 0 amide bonds. The zero-order valence-electron chi connectivity index (χ0n) is 11.5. The van der Waals surface area contributed by atoms with Gasteiger partial charge in [0.25, 0.3) is 0 Å². The summed E-state index contributed by atoms with van der Waals surface area (Å²) in [6, 6.07) is 13.0. The molecule has 2 aromatic carbocycles. The van der Waals surface area contributed by atoms with Gasteiger partial charge in [0.05, 0.1) is 11.6 Å². The van der Waals surface area contributed by atoms with E-state index in [2.05, 4.69) is 4.98 Å². The number of nitrogen functional groups attached to an aromatic ring is 1. The Morgan fingerprint density at radius 1 is 1.24 bits per heavy atom. The van der Waals surface area contributed by atoms with E-state index >= 15 is 0 Å². The lowest BCUT2D eigenvalue weighted by molar-refractivity contribution is 0.321. The fourth-order valence-corrected chi connectivity index (χ4v) is 3.05. The topological polar surface area (TPSA) is 51.0 Å². The Morgan fingerprint density at radius 3 is 2.81 bits per heavy atom. The van der Waals surface area contributed by atoms with E-state index in [-0.39, 0.29) is 5.75 Å². The van der Waals surface area contributed by atoms with E-state index in [4.69, 9.17) is 10.5 Å². The van der Waals surface area contributed by atoms with Gasteiger partial charge in [-0.1, -0.05) is 30.0 Å². The van der Waals surface area contributed by atoms with Crippen LogP contribution in [0.1, 0.15) is 6.92 Å². The molecule has 0 spiro atoms. The Hall–Kier alpha value is -2.14. The van der Waals surface area contributed by atoms with Crippen molar-refractivity contribution in [1.82, 2.24) is 4.98 Å². The number of para-hydroxylation sites is 1. The summed E-state index contributed by atoms with van der Waals surface area (Å²) in [6.07, 6.45) is 0. The van der Waals surface area contributed by atoms with E-state index in [1.165, 1.54) is 17.8 Å². The van der Waals surface area contributed by atoms with Crippen molar-refractivity contribution in [1.29, 1.82) is 0 Å². The van der Waals surface area contributed by atoms with Crippen LogP contribution in [0.25, 0.3) is 10.9 Å². The predicted molar refractivity (Wildman–Crippen MR) is 84.4 cm³/mol. The smallest absolute Gasteiger partial charge is 0.167 e. The van der Waals surface area contributed by atoms with Crippen molar-refractivity contribution in [2.24, 2.45) is 0 Å². The van der Waals surface area contributed by atoms with Gasteiger partial charge in [-0.15, -0.1) is 0 Å². The Balaban J connectivity index is 1.94. The third kappa shape index (κ3) is 2.83. The van der Waals surface area contributed by atoms with E-state index in [1.807, 2.05) is 37.3 Å². The van der Waals surface area contributed by atoms with Crippen LogP contribution in [0.2, 0.25) is 0 Å². The van der Waals surface area contributed by atoms with Crippen LogP contribution in [0.15, 0.2) is 52.4 Å². The van der Waals surface area contributed by atoms with Gasteiger partial charge in [0.2, 0.25) is 0 Å². The van der Waals surface area contributed by atoms with Crippen molar-refractivity contribution in [3.63, 3.8) is 0 Å². The minimum atomic E-state index is -0.435.